The van der Waals surface area contributed by atoms with E-state index in [4.69, 9.17) is 9.47 Å². The van der Waals surface area contributed by atoms with Crippen LogP contribution in [0.2, 0.25) is 0 Å². The normalized spacial score (nSPS) is 24.6. The van der Waals surface area contributed by atoms with Gasteiger partial charge in [0.25, 0.3) is 5.91 Å². The predicted molar refractivity (Wildman–Crippen MR) is 92.8 cm³/mol. The number of amides is 1. The van der Waals surface area contributed by atoms with Crippen molar-refractivity contribution in [2.45, 2.75) is 31.3 Å². The molecule has 2 aliphatic rings. The van der Waals surface area contributed by atoms with Crippen molar-refractivity contribution in [2.75, 3.05) is 13.7 Å². The van der Waals surface area contributed by atoms with Crippen LogP contribution in [0.3, 0.4) is 0 Å². The molecule has 132 valence electrons. The number of aryl methyl sites for hydroxylation is 1. The Morgan fingerprint density at radius 1 is 1.24 bits per heavy atom. The van der Waals surface area contributed by atoms with Gasteiger partial charge in [-0.05, 0) is 49.4 Å². The number of hydrogen-bond acceptors (Lipinski definition) is 4. The second-order valence-electron chi connectivity index (χ2n) is 6.90. The Kier molecular flexibility index (Phi) is 4.11. The third-order valence-electron chi connectivity index (χ3n) is 5.41. The van der Waals surface area contributed by atoms with E-state index >= 15 is 0 Å². The summed E-state index contributed by atoms with van der Waals surface area (Å²) in [5.41, 5.74) is 0.657. The molecular formula is C19H23N3O3. The van der Waals surface area contributed by atoms with Crippen LogP contribution in [0.5, 0.6) is 11.5 Å². The van der Waals surface area contributed by atoms with Crippen LogP contribution in [-0.4, -0.2) is 46.4 Å². The minimum Gasteiger partial charge on any atom is -0.497 e. The van der Waals surface area contributed by atoms with Crippen molar-refractivity contribution in [3.05, 3.63) is 42.2 Å². The van der Waals surface area contributed by atoms with Crippen LogP contribution in [0.15, 0.2) is 36.7 Å². The lowest BCUT2D eigenvalue weighted by molar-refractivity contribution is 0.0505. The van der Waals surface area contributed by atoms with Gasteiger partial charge in [0.1, 0.15) is 18.1 Å². The monoisotopic (exact) mass is 341 g/mol. The fraction of sp³-hybridized carbons (Fsp3) is 0.474. The summed E-state index contributed by atoms with van der Waals surface area (Å²) in [5.74, 6) is 2.21. The Hall–Kier alpha value is -2.50. The molecule has 0 spiro atoms. The van der Waals surface area contributed by atoms with Gasteiger partial charge in [-0.15, -0.1) is 0 Å². The van der Waals surface area contributed by atoms with E-state index < -0.39 is 0 Å². The second-order valence-corrected chi connectivity index (χ2v) is 6.90. The molecule has 0 unspecified atom stereocenters. The largest absolute Gasteiger partial charge is 0.497 e. The maximum absolute atomic E-state index is 13.0. The first-order chi connectivity index (χ1) is 12.2. The van der Waals surface area contributed by atoms with Gasteiger partial charge in [0.15, 0.2) is 0 Å². The number of carbonyl (C=O) groups is 1. The summed E-state index contributed by atoms with van der Waals surface area (Å²) >= 11 is 0. The van der Waals surface area contributed by atoms with E-state index in [9.17, 15) is 4.79 Å². The molecule has 1 aromatic carbocycles. The second kappa shape index (κ2) is 6.43. The summed E-state index contributed by atoms with van der Waals surface area (Å²) in [4.78, 5) is 15.0. The number of methoxy groups -OCH3 is 1. The minimum absolute atomic E-state index is 0.0728. The highest BCUT2D eigenvalue weighted by Gasteiger charge is 2.48. The Labute approximate surface area is 147 Å². The molecule has 0 N–H and O–H groups in total. The lowest BCUT2D eigenvalue weighted by Gasteiger charge is -2.35. The maximum atomic E-state index is 13.0. The number of likely N-dealkylation sites (tertiary alicyclic amines) is 1. The number of benzene rings is 1. The lowest BCUT2D eigenvalue weighted by atomic mass is 9.99. The molecule has 1 aliphatic carbocycles. The molecule has 1 aromatic heterocycles. The number of piperidine rings is 1. The van der Waals surface area contributed by atoms with Crippen LogP contribution in [0, 0.1) is 5.92 Å². The summed E-state index contributed by atoms with van der Waals surface area (Å²) in [6.07, 6.45) is 6.79. The molecule has 2 heterocycles. The molecule has 25 heavy (non-hydrogen) atoms. The third kappa shape index (κ3) is 2.97. The van der Waals surface area contributed by atoms with Crippen LogP contribution in [-0.2, 0) is 7.05 Å². The van der Waals surface area contributed by atoms with E-state index in [0.717, 1.165) is 24.3 Å². The zero-order valence-electron chi connectivity index (χ0n) is 14.6. The van der Waals surface area contributed by atoms with E-state index in [1.165, 1.54) is 6.42 Å². The average Bonchev–Trinajstić information content (AvgIpc) is 3.35. The van der Waals surface area contributed by atoms with Gasteiger partial charge in [-0.3, -0.25) is 9.48 Å². The van der Waals surface area contributed by atoms with Gasteiger partial charge in [0.2, 0.25) is 0 Å². The summed E-state index contributed by atoms with van der Waals surface area (Å²) < 4.78 is 12.8. The predicted octanol–water partition coefficient (Wildman–Crippen LogP) is 2.50. The Balaban J connectivity index is 1.47. The quantitative estimate of drug-likeness (QED) is 0.838. The van der Waals surface area contributed by atoms with Crippen molar-refractivity contribution >= 4 is 5.91 Å². The van der Waals surface area contributed by atoms with Crippen molar-refractivity contribution in [1.29, 1.82) is 0 Å². The van der Waals surface area contributed by atoms with Crippen molar-refractivity contribution in [3.8, 4) is 11.5 Å². The zero-order valence-corrected chi connectivity index (χ0v) is 14.6. The molecule has 1 saturated heterocycles. The van der Waals surface area contributed by atoms with E-state index in [2.05, 4.69) is 5.10 Å². The van der Waals surface area contributed by atoms with E-state index in [0.29, 0.717) is 24.1 Å². The first kappa shape index (κ1) is 16.0. The standard InChI is InChI=1S/C19H23N3O3/c1-21-11-14(10-20-21)19(23)22-15-4-3-13(9-15)18(22)12-25-17-7-5-16(24-2)6-8-17/h5-8,10-11,13,15,18H,3-4,9,12H2,1-2H3/t13-,15-,18-/m0/s1. The molecule has 2 fully saturated rings. The molecule has 6 heteroatoms. The Bertz CT molecular complexity index is 756. The molecular weight excluding hydrogens is 318 g/mol. The molecule has 1 aliphatic heterocycles. The topological polar surface area (TPSA) is 56.6 Å². The van der Waals surface area contributed by atoms with Crippen molar-refractivity contribution in [2.24, 2.45) is 13.0 Å². The number of carbonyl (C=O) groups excluding carboxylic acids is 1. The zero-order chi connectivity index (χ0) is 17.4. The number of aromatic nitrogens is 2. The number of ether oxygens (including phenoxy) is 2. The molecule has 1 saturated carbocycles. The summed E-state index contributed by atoms with van der Waals surface area (Å²) in [7, 11) is 3.48. The smallest absolute Gasteiger partial charge is 0.257 e. The van der Waals surface area contributed by atoms with Crippen LogP contribution in [0.25, 0.3) is 0 Å². The van der Waals surface area contributed by atoms with Gasteiger partial charge in [0.05, 0.1) is 24.9 Å². The summed E-state index contributed by atoms with van der Waals surface area (Å²) in [5, 5.41) is 4.13. The van der Waals surface area contributed by atoms with Crippen molar-refractivity contribution in [3.63, 3.8) is 0 Å². The number of rotatable bonds is 5. The molecule has 3 atom stereocenters. The minimum atomic E-state index is 0.0728. The van der Waals surface area contributed by atoms with Crippen LogP contribution < -0.4 is 9.47 Å². The van der Waals surface area contributed by atoms with Gasteiger partial charge in [-0.1, -0.05) is 0 Å². The van der Waals surface area contributed by atoms with E-state index in [1.54, 1.807) is 24.2 Å². The van der Waals surface area contributed by atoms with Crippen LogP contribution >= 0.6 is 0 Å². The fourth-order valence-electron chi connectivity index (χ4n) is 4.16. The molecule has 4 rings (SSSR count). The fourth-order valence-corrected chi connectivity index (χ4v) is 4.16. The molecule has 6 nitrogen and oxygen atoms in total. The summed E-state index contributed by atoms with van der Waals surface area (Å²) in [6, 6.07) is 8.04. The molecule has 2 aromatic rings. The van der Waals surface area contributed by atoms with Crippen molar-refractivity contribution < 1.29 is 14.3 Å². The van der Waals surface area contributed by atoms with Crippen LogP contribution in [0.1, 0.15) is 29.6 Å². The van der Waals surface area contributed by atoms with Gasteiger partial charge in [-0.2, -0.15) is 5.10 Å². The average molecular weight is 341 g/mol. The maximum Gasteiger partial charge on any atom is 0.257 e. The SMILES string of the molecule is COc1ccc(OC[C@H]2[C@H]3CC[C@@H](C3)N2C(=O)c2cnn(C)c2)cc1. The highest BCUT2D eigenvalue weighted by molar-refractivity contribution is 5.94. The highest BCUT2D eigenvalue weighted by atomic mass is 16.5. The third-order valence-corrected chi connectivity index (χ3v) is 5.41. The van der Waals surface area contributed by atoms with Gasteiger partial charge in [0, 0.05) is 19.3 Å². The van der Waals surface area contributed by atoms with Gasteiger partial charge in [-0.25, -0.2) is 0 Å². The molecule has 0 radical (unpaired) electrons. The van der Waals surface area contributed by atoms with Gasteiger partial charge < -0.3 is 14.4 Å². The lowest BCUT2D eigenvalue weighted by Crippen LogP contribution is -2.47. The first-order valence-corrected chi connectivity index (χ1v) is 8.74. The molecule has 2 bridgehead atoms. The van der Waals surface area contributed by atoms with Gasteiger partial charge >= 0.3 is 0 Å². The van der Waals surface area contributed by atoms with Crippen LogP contribution in [0.4, 0.5) is 0 Å². The first-order valence-electron chi connectivity index (χ1n) is 8.74. The summed E-state index contributed by atoms with van der Waals surface area (Å²) in [6.45, 7) is 0.527. The number of nitrogens with zero attached hydrogens (tertiary/aromatic N) is 3. The number of fused-ring (bicyclic) bond motifs is 2. The van der Waals surface area contributed by atoms with E-state index in [-0.39, 0.29) is 11.9 Å². The highest BCUT2D eigenvalue weighted by Crippen LogP contribution is 2.43. The molecule has 1 amide bonds. The Morgan fingerprint density at radius 3 is 2.68 bits per heavy atom. The van der Waals surface area contributed by atoms with E-state index in [1.807, 2.05) is 36.2 Å². The number of hydrogen-bond donors (Lipinski definition) is 0. The van der Waals surface area contributed by atoms with Crippen molar-refractivity contribution in [1.82, 2.24) is 14.7 Å². The Morgan fingerprint density at radius 2 is 2.00 bits per heavy atom.